The predicted octanol–water partition coefficient (Wildman–Crippen LogP) is 0.0251. The maximum absolute atomic E-state index is 11.3. The fraction of sp³-hybridized carbons (Fsp3) is 0.222. The van der Waals surface area contributed by atoms with Crippen LogP contribution in [0.5, 0.6) is 0 Å². The lowest BCUT2D eigenvalue weighted by Crippen LogP contribution is -2.22. The Hall–Kier alpha value is -1.91. The minimum Gasteiger partial charge on any atom is -0.336 e. The Morgan fingerprint density at radius 1 is 1.50 bits per heavy atom. The molecule has 0 aliphatic carbocycles. The largest absolute Gasteiger partial charge is 0.347 e. The van der Waals surface area contributed by atoms with Crippen molar-refractivity contribution in [2.45, 2.75) is 6.54 Å². The highest BCUT2D eigenvalue weighted by Crippen LogP contribution is 1.97. The first-order valence-electron chi connectivity index (χ1n) is 4.24. The van der Waals surface area contributed by atoms with Crippen LogP contribution >= 0.6 is 0 Å². The van der Waals surface area contributed by atoms with Crippen LogP contribution in [0.1, 0.15) is 5.69 Å². The third-order valence-corrected chi connectivity index (χ3v) is 2.03. The van der Waals surface area contributed by atoms with Crippen LogP contribution < -0.4 is 5.69 Å². The van der Waals surface area contributed by atoms with E-state index >= 15 is 0 Å². The quantitative estimate of drug-likeness (QED) is 0.671. The lowest BCUT2D eigenvalue weighted by atomic mass is 10.4. The summed E-state index contributed by atoms with van der Waals surface area (Å²) in [6.07, 6.45) is 6.64. The Labute approximate surface area is 80.7 Å². The number of nitrogens with zero attached hydrogens (tertiary/aromatic N) is 4. The molecule has 0 N–H and O–H groups in total. The van der Waals surface area contributed by atoms with E-state index in [-0.39, 0.29) is 5.69 Å². The molecule has 0 unspecified atom stereocenters. The van der Waals surface area contributed by atoms with E-state index in [0.717, 1.165) is 5.69 Å². The van der Waals surface area contributed by atoms with Crippen LogP contribution in [-0.4, -0.2) is 19.1 Å². The van der Waals surface area contributed by atoms with Gasteiger partial charge in [-0.05, 0) is 6.07 Å². The molecule has 0 radical (unpaired) electrons. The van der Waals surface area contributed by atoms with Crippen molar-refractivity contribution in [3.05, 3.63) is 47.2 Å². The van der Waals surface area contributed by atoms with Gasteiger partial charge in [-0.1, -0.05) is 0 Å². The second kappa shape index (κ2) is 3.45. The highest BCUT2D eigenvalue weighted by Gasteiger charge is 2.00. The summed E-state index contributed by atoms with van der Waals surface area (Å²) in [7, 11) is 1.89. The summed E-state index contributed by atoms with van der Waals surface area (Å²) in [6, 6.07) is 1.73. The highest BCUT2D eigenvalue weighted by molar-refractivity contribution is 4.99. The lowest BCUT2D eigenvalue weighted by Gasteiger charge is -2.03. The van der Waals surface area contributed by atoms with E-state index in [2.05, 4.69) is 9.97 Å². The van der Waals surface area contributed by atoms with Gasteiger partial charge in [-0.15, -0.1) is 0 Å². The van der Waals surface area contributed by atoms with Gasteiger partial charge in [0.05, 0.1) is 18.6 Å². The van der Waals surface area contributed by atoms with Crippen LogP contribution in [0.15, 0.2) is 35.8 Å². The zero-order valence-electron chi connectivity index (χ0n) is 7.79. The number of rotatable bonds is 2. The Bertz CT molecular complexity index is 485. The zero-order valence-corrected chi connectivity index (χ0v) is 7.79. The maximum Gasteiger partial charge on any atom is 0.347 e. The molecule has 2 aromatic heterocycles. The van der Waals surface area contributed by atoms with Gasteiger partial charge in [-0.2, -0.15) is 0 Å². The number of hydrogen-bond acceptors (Lipinski definition) is 3. The third-order valence-electron chi connectivity index (χ3n) is 2.03. The van der Waals surface area contributed by atoms with Crippen molar-refractivity contribution < 1.29 is 0 Å². The summed E-state index contributed by atoms with van der Waals surface area (Å²) in [6.45, 7) is 0.503. The minimum absolute atomic E-state index is 0.242. The van der Waals surface area contributed by atoms with Crippen LogP contribution in [0.3, 0.4) is 0 Å². The predicted molar refractivity (Wildman–Crippen MR) is 50.8 cm³/mol. The van der Waals surface area contributed by atoms with Gasteiger partial charge in [0.1, 0.15) is 0 Å². The van der Waals surface area contributed by atoms with E-state index in [1.807, 2.05) is 11.6 Å². The SMILES string of the molecule is Cn1cncc1Cn1cccnc1=O. The third kappa shape index (κ3) is 1.56. The normalized spacial score (nSPS) is 10.4. The second-order valence-electron chi connectivity index (χ2n) is 3.03. The van der Waals surface area contributed by atoms with Crippen molar-refractivity contribution in [2.24, 2.45) is 7.05 Å². The molecule has 0 bridgehead atoms. The van der Waals surface area contributed by atoms with Gasteiger partial charge in [-0.3, -0.25) is 4.57 Å². The number of aryl methyl sites for hydroxylation is 1. The molecule has 0 aliphatic rings. The molecule has 0 atom stereocenters. The second-order valence-corrected chi connectivity index (χ2v) is 3.03. The Morgan fingerprint density at radius 3 is 3.00 bits per heavy atom. The molecular weight excluding hydrogens is 180 g/mol. The molecule has 0 spiro atoms. The summed E-state index contributed by atoms with van der Waals surface area (Å²) in [5.41, 5.74) is 0.730. The standard InChI is InChI=1S/C9H10N4O/c1-12-7-10-5-8(12)6-13-4-2-3-11-9(13)14/h2-5,7H,6H2,1H3. The van der Waals surface area contributed by atoms with Gasteiger partial charge >= 0.3 is 5.69 Å². The molecule has 0 aromatic carbocycles. The van der Waals surface area contributed by atoms with Crippen molar-refractivity contribution in [3.63, 3.8) is 0 Å². The van der Waals surface area contributed by atoms with Crippen molar-refractivity contribution in [2.75, 3.05) is 0 Å². The van der Waals surface area contributed by atoms with E-state index in [1.165, 1.54) is 10.8 Å². The van der Waals surface area contributed by atoms with E-state index in [1.54, 1.807) is 24.8 Å². The first kappa shape index (κ1) is 8.68. The average Bonchev–Trinajstić information content (AvgIpc) is 2.56. The molecule has 2 heterocycles. The lowest BCUT2D eigenvalue weighted by molar-refractivity contribution is 0.680. The van der Waals surface area contributed by atoms with Crippen LogP contribution in [-0.2, 0) is 13.6 Å². The van der Waals surface area contributed by atoms with Gasteiger partial charge in [0, 0.05) is 25.6 Å². The molecule has 0 amide bonds. The molecule has 2 aromatic rings. The topological polar surface area (TPSA) is 52.7 Å². The monoisotopic (exact) mass is 190 g/mol. The highest BCUT2D eigenvalue weighted by atomic mass is 16.1. The molecule has 5 nitrogen and oxygen atoms in total. The summed E-state index contributed by atoms with van der Waals surface area (Å²) >= 11 is 0. The first-order chi connectivity index (χ1) is 6.77. The van der Waals surface area contributed by atoms with E-state index in [4.69, 9.17) is 0 Å². The van der Waals surface area contributed by atoms with Gasteiger partial charge in [0.2, 0.25) is 0 Å². The van der Waals surface area contributed by atoms with Gasteiger partial charge in [0.25, 0.3) is 0 Å². The minimum atomic E-state index is -0.242. The Kier molecular flexibility index (Phi) is 2.14. The summed E-state index contributed by atoms with van der Waals surface area (Å²) in [5, 5.41) is 0. The molecule has 5 heteroatoms. The van der Waals surface area contributed by atoms with Crippen molar-refractivity contribution in [1.29, 1.82) is 0 Å². The van der Waals surface area contributed by atoms with E-state index in [9.17, 15) is 4.79 Å². The molecule has 0 aliphatic heterocycles. The first-order valence-corrected chi connectivity index (χ1v) is 4.24. The summed E-state index contributed by atoms with van der Waals surface area (Å²) in [5.74, 6) is 0. The number of aromatic nitrogens is 4. The number of hydrogen-bond donors (Lipinski definition) is 0. The molecular formula is C9H10N4O. The Morgan fingerprint density at radius 2 is 2.36 bits per heavy atom. The van der Waals surface area contributed by atoms with E-state index < -0.39 is 0 Å². The fourth-order valence-corrected chi connectivity index (χ4v) is 1.22. The molecule has 14 heavy (non-hydrogen) atoms. The van der Waals surface area contributed by atoms with Crippen LogP contribution in [0, 0.1) is 0 Å². The van der Waals surface area contributed by atoms with Crippen LogP contribution in [0.25, 0.3) is 0 Å². The van der Waals surface area contributed by atoms with Gasteiger partial charge < -0.3 is 4.57 Å². The van der Waals surface area contributed by atoms with Gasteiger partial charge in [0.15, 0.2) is 0 Å². The van der Waals surface area contributed by atoms with Crippen molar-refractivity contribution in [1.82, 2.24) is 19.1 Å². The molecule has 0 fully saturated rings. The molecule has 2 rings (SSSR count). The zero-order chi connectivity index (χ0) is 9.97. The summed E-state index contributed by atoms with van der Waals surface area (Å²) in [4.78, 5) is 18.9. The molecule has 0 saturated heterocycles. The van der Waals surface area contributed by atoms with Crippen molar-refractivity contribution >= 4 is 0 Å². The van der Waals surface area contributed by atoms with Crippen LogP contribution in [0.2, 0.25) is 0 Å². The molecule has 72 valence electrons. The van der Waals surface area contributed by atoms with Crippen molar-refractivity contribution in [3.8, 4) is 0 Å². The maximum atomic E-state index is 11.3. The Balaban J connectivity index is 2.32. The van der Waals surface area contributed by atoms with Gasteiger partial charge in [-0.25, -0.2) is 14.8 Å². The van der Waals surface area contributed by atoms with Crippen LogP contribution in [0.4, 0.5) is 0 Å². The molecule has 0 saturated carbocycles. The average molecular weight is 190 g/mol. The fourth-order valence-electron chi connectivity index (χ4n) is 1.22. The van der Waals surface area contributed by atoms with E-state index in [0.29, 0.717) is 6.54 Å². The summed E-state index contributed by atoms with van der Waals surface area (Å²) < 4.78 is 3.41. The smallest absolute Gasteiger partial charge is 0.336 e. The number of imidazole rings is 1.